The maximum absolute atomic E-state index is 6.30. The zero-order chi connectivity index (χ0) is 11.2. The van der Waals surface area contributed by atoms with Gasteiger partial charge in [-0.1, -0.05) is 24.5 Å². The normalized spacial score (nSPS) is 29.3. The van der Waals surface area contributed by atoms with Gasteiger partial charge in [0.05, 0.1) is 6.10 Å². The van der Waals surface area contributed by atoms with Crippen LogP contribution in [-0.2, 0) is 4.74 Å². The van der Waals surface area contributed by atoms with Crippen LogP contribution in [0.25, 0.3) is 0 Å². The second kappa shape index (κ2) is 6.41. The van der Waals surface area contributed by atoms with Crippen molar-refractivity contribution in [2.24, 2.45) is 5.73 Å². The summed E-state index contributed by atoms with van der Waals surface area (Å²) in [5, 5.41) is 0. The number of ether oxygens (including phenoxy) is 1. The summed E-state index contributed by atoms with van der Waals surface area (Å²) in [6, 6.07) is 0.251. The van der Waals surface area contributed by atoms with Gasteiger partial charge in [-0.25, -0.2) is 0 Å². The van der Waals surface area contributed by atoms with Crippen LogP contribution in [0.4, 0.5) is 0 Å². The van der Waals surface area contributed by atoms with Crippen LogP contribution in [0.5, 0.6) is 0 Å². The third kappa shape index (κ3) is 3.60. The number of rotatable bonds is 3. The van der Waals surface area contributed by atoms with Crippen molar-refractivity contribution in [3.8, 4) is 0 Å². The van der Waals surface area contributed by atoms with E-state index in [0.717, 1.165) is 13.0 Å². The fraction of sp³-hybridized carbons (Fsp3) is 0.857. The molecule has 2 atom stereocenters. The first-order chi connectivity index (χ1) is 7.86. The quantitative estimate of drug-likeness (QED) is 0.746. The van der Waals surface area contributed by atoms with Gasteiger partial charge < -0.3 is 10.5 Å². The third-order valence-electron chi connectivity index (χ3n) is 3.84. The van der Waals surface area contributed by atoms with Gasteiger partial charge >= 0.3 is 0 Å². The van der Waals surface area contributed by atoms with E-state index < -0.39 is 0 Å². The Hall–Kier alpha value is -0.340. The molecular weight excluding hydrogens is 198 g/mol. The fourth-order valence-corrected chi connectivity index (χ4v) is 2.82. The zero-order valence-corrected chi connectivity index (χ0v) is 10.3. The molecular formula is C14H25NO. The lowest BCUT2D eigenvalue weighted by atomic mass is 9.92. The molecule has 0 aromatic heterocycles. The van der Waals surface area contributed by atoms with Gasteiger partial charge in [-0.2, -0.15) is 0 Å². The highest BCUT2D eigenvalue weighted by Gasteiger charge is 2.20. The average Bonchev–Trinajstić information content (AvgIpc) is 2.69. The van der Waals surface area contributed by atoms with Crippen LogP contribution in [-0.4, -0.2) is 18.8 Å². The molecule has 2 nitrogen and oxygen atoms in total. The molecule has 0 aromatic carbocycles. The van der Waals surface area contributed by atoms with Gasteiger partial charge in [0.25, 0.3) is 0 Å². The Bertz CT molecular complexity index is 231. The van der Waals surface area contributed by atoms with Crippen molar-refractivity contribution >= 4 is 0 Å². The van der Waals surface area contributed by atoms with Crippen molar-refractivity contribution in [1.82, 2.24) is 0 Å². The van der Waals surface area contributed by atoms with E-state index in [9.17, 15) is 0 Å². The summed E-state index contributed by atoms with van der Waals surface area (Å²) < 4.78 is 5.66. The molecule has 1 aliphatic carbocycles. The average molecular weight is 223 g/mol. The topological polar surface area (TPSA) is 35.2 Å². The van der Waals surface area contributed by atoms with Crippen molar-refractivity contribution in [1.29, 1.82) is 0 Å². The van der Waals surface area contributed by atoms with E-state index in [2.05, 4.69) is 6.08 Å². The summed E-state index contributed by atoms with van der Waals surface area (Å²) in [6.07, 6.45) is 14.2. The second-order valence-electron chi connectivity index (χ2n) is 5.21. The maximum atomic E-state index is 6.30. The highest BCUT2D eigenvalue weighted by atomic mass is 16.5. The number of hydrogen-bond donors (Lipinski definition) is 1. The van der Waals surface area contributed by atoms with Crippen LogP contribution in [0.1, 0.15) is 57.8 Å². The molecule has 1 aliphatic heterocycles. The van der Waals surface area contributed by atoms with E-state index in [-0.39, 0.29) is 6.04 Å². The van der Waals surface area contributed by atoms with E-state index in [4.69, 9.17) is 10.5 Å². The van der Waals surface area contributed by atoms with E-state index in [1.54, 1.807) is 0 Å². The summed E-state index contributed by atoms with van der Waals surface area (Å²) in [7, 11) is 0. The van der Waals surface area contributed by atoms with Crippen molar-refractivity contribution in [3.05, 3.63) is 11.6 Å². The van der Waals surface area contributed by atoms with E-state index in [0.29, 0.717) is 6.10 Å². The highest BCUT2D eigenvalue weighted by Crippen LogP contribution is 2.24. The molecule has 2 heteroatoms. The minimum Gasteiger partial charge on any atom is -0.378 e. The third-order valence-corrected chi connectivity index (χ3v) is 3.84. The predicted molar refractivity (Wildman–Crippen MR) is 67.4 cm³/mol. The summed E-state index contributed by atoms with van der Waals surface area (Å²) >= 11 is 0. The van der Waals surface area contributed by atoms with Gasteiger partial charge in [0.2, 0.25) is 0 Å². The molecule has 0 spiro atoms. The molecule has 1 saturated heterocycles. The van der Waals surface area contributed by atoms with Gasteiger partial charge in [-0.3, -0.25) is 0 Å². The Morgan fingerprint density at radius 1 is 1.25 bits per heavy atom. The molecule has 2 aliphatic rings. The van der Waals surface area contributed by atoms with Crippen molar-refractivity contribution in [2.45, 2.75) is 69.9 Å². The lowest BCUT2D eigenvalue weighted by molar-refractivity contribution is 0.101. The predicted octanol–water partition coefficient (Wildman–Crippen LogP) is 3.16. The van der Waals surface area contributed by atoms with Gasteiger partial charge in [-0.15, -0.1) is 0 Å². The Morgan fingerprint density at radius 2 is 2.12 bits per heavy atom. The number of hydrogen-bond acceptors (Lipinski definition) is 2. The molecule has 2 unspecified atom stereocenters. The molecule has 0 aromatic rings. The molecule has 1 heterocycles. The van der Waals surface area contributed by atoms with Crippen molar-refractivity contribution in [3.63, 3.8) is 0 Å². The molecule has 0 bridgehead atoms. The van der Waals surface area contributed by atoms with Crippen LogP contribution in [0.3, 0.4) is 0 Å². The van der Waals surface area contributed by atoms with E-state index in [1.807, 2.05) is 0 Å². The van der Waals surface area contributed by atoms with E-state index in [1.165, 1.54) is 56.9 Å². The number of allylic oxidation sites excluding steroid dienone is 1. The number of nitrogens with two attached hydrogens (primary N) is 1. The van der Waals surface area contributed by atoms with E-state index >= 15 is 0 Å². The molecule has 1 fully saturated rings. The zero-order valence-electron chi connectivity index (χ0n) is 10.3. The molecule has 0 radical (unpaired) electrons. The SMILES string of the molecule is NC(CC1CCCO1)C1=CCCCCCC1. The van der Waals surface area contributed by atoms with Crippen LogP contribution < -0.4 is 5.73 Å². The summed E-state index contributed by atoms with van der Waals surface area (Å²) in [5.74, 6) is 0. The van der Waals surface area contributed by atoms with Crippen LogP contribution in [0.15, 0.2) is 11.6 Å². The second-order valence-corrected chi connectivity index (χ2v) is 5.21. The minimum absolute atomic E-state index is 0.251. The minimum atomic E-state index is 0.251. The van der Waals surface area contributed by atoms with Gasteiger partial charge in [0.15, 0.2) is 0 Å². The first kappa shape index (κ1) is 12.1. The van der Waals surface area contributed by atoms with Gasteiger partial charge in [0.1, 0.15) is 0 Å². The summed E-state index contributed by atoms with van der Waals surface area (Å²) in [6.45, 7) is 0.941. The molecule has 2 rings (SSSR count). The van der Waals surface area contributed by atoms with Crippen LogP contribution >= 0.6 is 0 Å². The standard InChI is InChI=1S/C14H25NO/c15-14(11-13-9-6-10-16-13)12-7-4-2-1-3-5-8-12/h7,13-14H,1-6,8-11,15H2. The smallest absolute Gasteiger partial charge is 0.0593 e. The van der Waals surface area contributed by atoms with Crippen LogP contribution in [0.2, 0.25) is 0 Å². The molecule has 0 amide bonds. The summed E-state index contributed by atoms with van der Waals surface area (Å²) in [5.41, 5.74) is 7.80. The maximum Gasteiger partial charge on any atom is 0.0593 e. The summed E-state index contributed by atoms with van der Waals surface area (Å²) in [4.78, 5) is 0. The monoisotopic (exact) mass is 223 g/mol. The first-order valence-electron chi connectivity index (χ1n) is 6.92. The van der Waals surface area contributed by atoms with Gasteiger partial charge in [-0.05, 0) is 44.9 Å². The molecule has 2 N–H and O–H groups in total. The lowest BCUT2D eigenvalue weighted by Crippen LogP contribution is -2.28. The van der Waals surface area contributed by atoms with Gasteiger partial charge in [0, 0.05) is 12.6 Å². The Kier molecular flexibility index (Phi) is 4.86. The largest absolute Gasteiger partial charge is 0.378 e. The van der Waals surface area contributed by atoms with Crippen molar-refractivity contribution < 1.29 is 4.74 Å². The lowest BCUT2D eigenvalue weighted by Gasteiger charge is -2.21. The molecule has 0 saturated carbocycles. The highest BCUT2D eigenvalue weighted by molar-refractivity contribution is 5.11. The molecule has 92 valence electrons. The molecule has 16 heavy (non-hydrogen) atoms. The van der Waals surface area contributed by atoms with Crippen LogP contribution in [0, 0.1) is 0 Å². The fourth-order valence-electron chi connectivity index (χ4n) is 2.82. The Morgan fingerprint density at radius 3 is 2.94 bits per heavy atom. The van der Waals surface area contributed by atoms with Crippen molar-refractivity contribution in [2.75, 3.05) is 6.61 Å². The Labute approximate surface area is 99.2 Å². The first-order valence-corrected chi connectivity index (χ1v) is 6.92. The Balaban J connectivity index is 1.83.